The predicted octanol–water partition coefficient (Wildman–Crippen LogP) is 2.96. The molecule has 32 heavy (non-hydrogen) atoms. The zero-order valence-electron chi connectivity index (χ0n) is 18.2. The molecule has 2 aliphatic heterocycles. The van der Waals surface area contributed by atoms with Crippen LogP contribution in [0, 0.1) is 6.92 Å². The summed E-state index contributed by atoms with van der Waals surface area (Å²) >= 11 is 0. The van der Waals surface area contributed by atoms with E-state index < -0.39 is 0 Å². The molecule has 1 aromatic heterocycles. The number of aryl methyl sites for hydroxylation is 1. The van der Waals surface area contributed by atoms with Crippen LogP contribution < -0.4 is 10.6 Å². The smallest absolute Gasteiger partial charge is 0.350 e. The summed E-state index contributed by atoms with van der Waals surface area (Å²) in [6.07, 6.45) is 3.22. The predicted molar refractivity (Wildman–Crippen MR) is 124 cm³/mol. The van der Waals surface area contributed by atoms with Crippen LogP contribution in [0.1, 0.15) is 16.7 Å². The third kappa shape index (κ3) is 3.49. The maximum absolute atomic E-state index is 12.7. The molecule has 0 spiro atoms. The average molecular weight is 425 g/mol. The van der Waals surface area contributed by atoms with Crippen molar-refractivity contribution in [3.8, 4) is 11.5 Å². The molecule has 2 aromatic carbocycles. The molecule has 5 rings (SSSR count). The van der Waals surface area contributed by atoms with Gasteiger partial charge in [-0.1, -0.05) is 48.0 Å². The quantitative estimate of drug-likeness (QED) is 0.431. The van der Waals surface area contributed by atoms with Crippen LogP contribution in [-0.4, -0.2) is 43.2 Å². The van der Waals surface area contributed by atoms with E-state index >= 15 is 0 Å². The van der Waals surface area contributed by atoms with Crippen molar-refractivity contribution in [1.29, 1.82) is 0 Å². The average Bonchev–Trinajstić information content (AvgIpc) is 3.23. The summed E-state index contributed by atoms with van der Waals surface area (Å²) in [4.78, 5) is 32.7. The lowest BCUT2D eigenvalue weighted by Crippen LogP contribution is -2.17. The van der Waals surface area contributed by atoms with E-state index in [0.29, 0.717) is 35.8 Å². The highest BCUT2D eigenvalue weighted by atomic mass is 16.1. The van der Waals surface area contributed by atoms with Gasteiger partial charge in [-0.05, 0) is 24.1 Å². The molecule has 0 aliphatic carbocycles. The van der Waals surface area contributed by atoms with Crippen LogP contribution in [0.25, 0.3) is 22.7 Å². The van der Waals surface area contributed by atoms with E-state index in [1.165, 1.54) is 6.33 Å². The van der Waals surface area contributed by atoms with E-state index in [4.69, 9.17) is 0 Å². The molecule has 0 N–H and O–H groups in total. The molecule has 0 saturated carbocycles. The van der Waals surface area contributed by atoms with Gasteiger partial charge in [0.15, 0.2) is 11.5 Å². The summed E-state index contributed by atoms with van der Waals surface area (Å²) in [6.45, 7) is 3.02. The number of fused-ring (bicyclic) bond motifs is 3. The largest absolute Gasteiger partial charge is 0.377 e. The van der Waals surface area contributed by atoms with Crippen LogP contribution in [0.2, 0.25) is 0 Å². The number of aromatic nitrogens is 6. The Labute approximate surface area is 185 Å². The summed E-state index contributed by atoms with van der Waals surface area (Å²) in [5.74, 6) is 0.484. The Hall–Kier alpha value is -4.07. The lowest BCUT2D eigenvalue weighted by molar-refractivity contribution is 0.757. The van der Waals surface area contributed by atoms with Crippen molar-refractivity contribution in [3.63, 3.8) is 0 Å². The van der Waals surface area contributed by atoms with Crippen molar-refractivity contribution < 1.29 is 0 Å². The first-order valence-electron chi connectivity index (χ1n) is 10.4. The van der Waals surface area contributed by atoms with Gasteiger partial charge in [0.2, 0.25) is 0 Å². The summed E-state index contributed by atoms with van der Waals surface area (Å²) < 4.78 is 3.54. The van der Waals surface area contributed by atoms with Gasteiger partial charge < -0.3 is 9.47 Å². The number of imidazole rings is 2. The highest BCUT2D eigenvalue weighted by Gasteiger charge is 2.21. The minimum Gasteiger partial charge on any atom is -0.377 e. The lowest BCUT2D eigenvalue weighted by Gasteiger charge is -2.17. The van der Waals surface area contributed by atoms with Crippen molar-refractivity contribution >= 4 is 16.9 Å². The normalized spacial score (nSPS) is 11.3. The second kappa shape index (κ2) is 7.88. The SMILES string of the molecule is Cc1cccc(Cn2c3ncnc4c(ncn4Cc4ccccc4N(C)C)c-3nc2=O)c1. The Morgan fingerprint density at radius 1 is 0.969 bits per heavy atom. The molecule has 0 amide bonds. The molecule has 0 atom stereocenters. The summed E-state index contributed by atoms with van der Waals surface area (Å²) in [5.41, 5.74) is 5.76. The maximum atomic E-state index is 12.7. The molecule has 0 unspecified atom stereocenters. The molecule has 0 saturated heterocycles. The van der Waals surface area contributed by atoms with E-state index in [9.17, 15) is 4.79 Å². The van der Waals surface area contributed by atoms with Crippen LogP contribution in [0.5, 0.6) is 0 Å². The molecular weight excluding hydrogens is 402 g/mol. The maximum Gasteiger partial charge on any atom is 0.350 e. The van der Waals surface area contributed by atoms with Gasteiger partial charge in [-0.25, -0.2) is 19.7 Å². The van der Waals surface area contributed by atoms with Crippen LogP contribution in [0.3, 0.4) is 0 Å². The molecule has 3 heterocycles. The second-order valence-corrected chi connectivity index (χ2v) is 8.08. The topological polar surface area (TPSA) is 81.7 Å². The molecular formula is C24H23N7O. The van der Waals surface area contributed by atoms with E-state index in [-0.39, 0.29) is 5.69 Å². The van der Waals surface area contributed by atoms with Crippen molar-refractivity contribution in [2.24, 2.45) is 0 Å². The first kappa shape index (κ1) is 19.9. The number of rotatable bonds is 5. The third-order valence-corrected chi connectivity index (χ3v) is 5.54. The highest BCUT2D eigenvalue weighted by Crippen LogP contribution is 2.25. The molecule has 0 bridgehead atoms. The van der Waals surface area contributed by atoms with Gasteiger partial charge in [-0.2, -0.15) is 4.98 Å². The zero-order chi connectivity index (χ0) is 22.2. The molecule has 2 aliphatic rings. The summed E-state index contributed by atoms with van der Waals surface area (Å²) in [5, 5.41) is 0. The number of nitrogens with zero attached hydrogens (tertiary/aromatic N) is 7. The van der Waals surface area contributed by atoms with Gasteiger partial charge >= 0.3 is 5.69 Å². The summed E-state index contributed by atoms with van der Waals surface area (Å²) in [7, 11) is 4.04. The first-order valence-corrected chi connectivity index (χ1v) is 10.4. The molecule has 0 radical (unpaired) electrons. The van der Waals surface area contributed by atoms with Crippen LogP contribution in [-0.2, 0) is 13.1 Å². The minimum atomic E-state index is -0.339. The minimum absolute atomic E-state index is 0.339. The number of hydrogen-bond acceptors (Lipinski definition) is 6. The fraction of sp³-hybridized carbons (Fsp3) is 0.208. The van der Waals surface area contributed by atoms with Gasteiger partial charge in [-0.3, -0.25) is 4.57 Å². The lowest BCUT2D eigenvalue weighted by atomic mass is 10.1. The molecule has 160 valence electrons. The monoisotopic (exact) mass is 425 g/mol. The van der Waals surface area contributed by atoms with E-state index in [1.807, 2.05) is 55.9 Å². The van der Waals surface area contributed by atoms with Gasteiger partial charge in [0.1, 0.15) is 17.5 Å². The second-order valence-electron chi connectivity index (χ2n) is 8.08. The third-order valence-electron chi connectivity index (χ3n) is 5.54. The molecule has 8 nitrogen and oxygen atoms in total. The van der Waals surface area contributed by atoms with Crippen molar-refractivity contribution in [1.82, 2.24) is 29.1 Å². The van der Waals surface area contributed by atoms with E-state index in [0.717, 1.165) is 22.4 Å². The molecule has 8 heteroatoms. The van der Waals surface area contributed by atoms with Gasteiger partial charge in [-0.15, -0.1) is 0 Å². The van der Waals surface area contributed by atoms with E-state index in [1.54, 1.807) is 10.9 Å². The molecule has 3 aromatic rings. The Bertz CT molecular complexity index is 1450. The Kier molecular flexibility index (Phi) is 4.89. The standard InChI is InChI=1S/C24H23N7O/c1-16-7-6-8-17(11-16)12-31-23-21(28-24(31)32)20-22(25-14-26-23)30(15-27-20)13-18-9-4-5-10-19(18)29(2)3/h4-11,14-15H,12-13H2,1-3H3. The van der Waals surface area contributed by atoms with Crippen LogP contribution in [0.15, 0.2) is 66.0 Å². The Balaban J connectivity index is 1.57. The fourth-order valence-corrected chi connectivity index (χ4v) is 4.05. The van der Waals surface area contributed by atoms with Crippen molar-refractivity contribution in [2.45, 2.75) is 20.0 Å². The van der Waals surface area contributed by atoms with Crippen LogP contribution in [0.4, 0.5) is 5.69 Å². The summed E-state index contributed by atoms with van der Waals surface area (Å²) in [6, 6.07) is 16.3. The highest BCUT2D eigenvalue weighted by molar-refractivity contribution is 5.85. The van der Waals surface area contributed by atoms with Crippen LogP contribution >= 0.6 is 0 Å². The van der Waals surface area contributed by atoms with E-state index in [2.05, 4.69) is 43.0 Å². The first-order chi connectivity index (χ1) is 15.5. The number of para-hydroxylation sites is 1. The number of benzene rings is 2. The fourth-order valence-electron chi connectivity index (χ4n) is 4.05. The molecule has 0 fully saturated rings. The number of anilines is 1. The van der Waals surface area contributed by atoms with Crippen molar-refractivity contribution in [2.75, 3.05) is 19.0 Å². The van der Waals surface area contributed by atoms with Gasteiger partial charge in [0.05, 0.1) is 19.4 Å². The number of hydrogen-bond donors (Lipinski definition) is 0. The van der Waals surface area contributed by atoms with Gasteiger partial charge in [0, 0.05) is 19.8 Å². The zero-order valence-corrected chi connectivity index (χ0v) is 18.2. The van der Waals surface area contributed by atoms with Crippen molar-refractivity contribution in [3.05, 3.63) is 88.4 Å². The Morgan fingerprint density at radius 2 is 1.81 bits per heavy atom. The van der Waals surface area contributed by atoms with Gasteiger partial charge in [0.25, 0.3) is 0 Å². The Morgan fingerprint density at radius 3 is 2.62 bits per heavy atom.